The van der Waals surface area contributed by atoms with Crippen molar-refractivity contribution >= 4 is 5.78 Å². The third-order valence-electron chi connectivity index (χ3n) is 7.04. The van der Waals surface area contributed by atoms with Crippen molar-refractivity contribution in [2.75, 3.05) is 6.61 Å². The number of aryl methyl sites for hydroxylation is 2. The third-order valence-corrected chi connectivity index (χ3v) is 7.04. The molecule has 4 rings (SSSR count). The highest BCUT2D eigenvalue weighted by atomic mass is 19.2. The quantitative estimate of drug-likeness (QED) is 0.180. The Morgan fingerprint density at radius 2 is 1.78 bits per heavy atom. The lowest BCUT2D eigenvalue weighted by Gasteiger charge is -2.22. The highest BCUT2D eigenvalue weighted by molar-refractivity contribution is 6.10. The van der Waals surface area contributed by atoms with Gasteiger partial charge in [-0.25, -0.2) is 13.2 Å². The van der Waals surface area contributed by atoms with Crippen molar-refractivity contribution < 1.29 is 22.7 Å². The van der Waals surface area contributed by atoms with Crippen LogP contribution in [0.25, 0.3) is 0 Å². The lowest BCUT2D eigenvalue weighted by atomic mass is 9.84. The molecule has 190 valence electrons. The Labute approximate surface area is 216 Å². The van der Waals surface area contributed by atoms with Crippen molar-refractivity contribution in [1.29, 1.82) is 0 Å². The summed E-state index contributed by atoms with van der Waals surface area (Å²) >= 11 is 0. The predicted molar refractivity (Wildman–Crippen MR) is 140 cm³/mol. The first kappa shape index (κ1) is 26.3. The fourth-order valence-corrected chi connectivity index (χ4v) is 5.09. The molecule has 1 aliphatic carbocycles. The van der Waals surface area contributed by atoms with Gasteiger partial charge in [-0.3, -0.25) is 4.79 Å². The van der Waals surface area contributed by atoms with Gasteiger partial charge in [-0.15, -0.1) is 6.42 Å². The fourth-order valence-electron chi connectivity index (χ4n) is 5.09. The molecule has 0 aliphatic heterocycles. The minimum atomic E-state index is -1.26. The maximum atomic E-state index is 15.3. The van der Waals surface area contributed by atoms with Crippen LogP contribution in [0.5, 0.6) is 5.75 Å². The Bertz CT molecular complexity index is 1400. The number of rotatable bonds is 8. The molecule has 0 saturated carbocycles. The summed E-state index contributed by atoms with van der Waals surface area (Å²) in [4.78, 5) is 13.8. The summed E-state index contributed by atoms with van der Waals surface area (Å²) in [5, 5.41) is 0. The number of terminal acetylenes is 1. The van der Waals surface area contributed by atoms with E-state index < -0.39 is 40.3 Å². The summed E-state index contributed by atoms with van der Waals surface area (Å²) in [6.07, 6.45) is 8.43. The van der Waals surface area contributed by atoms with Crippen molar-refractivity contribution in [3.8, 4) is 18.1 Å². The number of para-hydroxylation sites is 1. The number of carbonyl (C=O) groups is 1. The molecular formula is C32H29F3O2. The highest BCUT2D eigenvalue weighted by Crippen LogP contribution is 2.48. The molecule has 37 heavy (non-hydrogen) atoms. The summed E-state index contributed by atoms with van der Waals surface area (Å²) < 4.78 is 49.8. The van der Waals surface area contributed by atoms with Crippen LogP contribution in [-0.4, -0.2) is 12.4 Å². The number of hydrogen-bond acceptors (Lipinski definition) is 2. The molecule has 1 aliphatic rings. The zero-order valence-corrected chi connectivity index (χ0v) is 21.2. The van der Waals surface area contributed by atoms with E-state index >= 15 is 4.39 Å². The van der Waals surface area contributed by atoms with Gasteiger partial charge in [-0.05, 0) is 43.4 Å². The second kappa shape index (κ2) is 11.1. The normalized spacial score (nSPS) is 16.8. The molecule has 0 heterocycles. The van der Waals surface area contributed by atoms with E-state index in [9.17, 15) is 13.6 Å². The van der Waals surface area contributed by atoms with E-state index in [1.807, 2.05) is 62.4 Å². The van der Waals surface area contributed by atoms with Crippen LogP contribution in [0.2, 0.25) is 0 Å². The lowest BCUT2D eigenvalue weighted by Crippen LogP contribution is -2.15. The molecule has 0 spiro atoms. The van der Waals surface area contributed by atoms with Crippen LogP contribution in [-0.2, 0) is 12.8 Å². The van der Waals surface area contributed by atoms with Crippen LogP contribution in [0.15, 0.2) is 60.2 Å². The number of allylic oxidation sites excluding steroid dienone is 2. The molecule has 2 nitrogen and oxygen atoms in total. The summed E-state index contributed by atoms with van der Waals surface area (Å²) in [7, 11) is 0. The Morgan fingerprint density at radius 3 is 2.43 bits per heavy atom. The molecule has 0 N–H and O–H groups in total. The van der Waals surface area contributed by atoms with E-state index in [4.69, 9.17) is 11.2 Å². The third kappa shape index (κ3) is 5.06. The number of carbonyl (C=O) groups excluding carboxylic acids is 1. The second-order valence-corrected chi connectivity index (χ2v) is 9.30. The summed E-state index contributed by atoms with van der Waals surface area (Å²) in [6.45, 7) is 5.57. The maximum Gasteiger partial charge on any atom is 0.192 e. The Kier molecular flexibility index (Phi) is 7.88. The number of hydrogen-bond donors (Lipinski definition) is 0. The molecule has 3 aromatic rings. The monoisotopic (exact) mass is 502 g/mol. The molecule has 0 bridgehead atoms. The van der Waals surface area contributed by atoms with Gasteiger partial charge in [0.2, 0.25) is 0 Å². The van der Waals surface area contributed by atoms with Gasteiger partial charge in [0.25, 0.3) is 0 Å². The number of benzene rings is 3. The standard InChI is InChI=1S/C32H29F3O2/c1-5-15-37-32-20(6-2)9-8-10-24(32)25-16-22(21-13-11-19(4)12-14-21)17-26(25)31(36)27-18-28(33)30(35)23(7-3)29(27)34/h1,8-14,17-18,22,25H,6-7,15-16H2,2-4H3. The van der Waals surface area contributed by atoms with Gasteiger partial charge >= 0.3 is 0 Å². The van der Waals surface area contributed by atoms with Gasteiger partial charge in [0.1, 0.15) is 18.2 Å². The van der Waals surface area contributed by atoms with Gasteiger partial charge in [-0.1, -0.05) is 73.9 Å². The highest BCUT2D eigenvalue weighted by Gasteiger charge is 2.36. The molecule has 0 amide bonds. The zero-order valence-electron chi connectivity index (χ0n) is 21.2. The number of ketones is 1. The Hall–Kier alpha value is -3.78. The van der Waals surface area contributed by atoms with Crippen LogP contribution in [0, 0.1) is 36.7 Å². The Balaban J connectivity index is 1.87. The zero-order chi connectivity index (χ0) is 26.7. The van der Waals surface area contributed by atoms with E-state index in [0.29, 0.717) is 30.2 Å². The van der Waals surface area contributed by atoms with Crippen LogP contribution in [0.3, 0.4) is 0 Å². The van der Waals surface area contributed by atoms with E-state index in [2.05, 4.69) is 5.92 Å². The van der Waals surface area contributed by atoms with Crippen molar-refractivity contribution in [2.45, 2.75) is 51.9 Å². The summed E-state index contributed by atoms with van der Waals surface area (Å²) in [6, 6.07) is 14.4. The topological polar surface area (TPSA) is 26.3 Å². The molecule has 2 unspecified atom stereocenters. The second-order valence-electron chi connectivity index (χ2n) is 9.30. The van der Waals surface area contributed by atoms with E-state index in [1.54, 1.807) is 0 Å². The van der Waals surface area contributed by atoms with Gasteiger partial charge in [0.15, 0.2) is 17.4 Å². The van der Waals surface area contributed by atoms with Gasteiger partial charge in [-0.2, -0.15) is 0 Å². The number of halogens is 3. The first-order chi connectivity index (χ1) is 17.8. The maximum absolute atomic E-state index is 15.3. The van der Waals surface area contributed by atoms with Gasteiger partial charge in [0, 0.05) is 28.5 Å². The predicted octanol–water partition coefficient (Wildman–Crippen LogP) is 7.63. The van der Waals surface area contributed by atoms with Crippen molar-refractivity contribution in [1.82, 2.24) is 0 Å². The first-order valence-corrected chi connectivity index (χ1v) is 12.5. The molecular weight excluding hydrogens is 473 g/mol. The fraction of sp³-hybridized carbons (Fsp3) is 0.281. The molecule has 0 fully saturated rings. The minimum Gasteiger partial charge on any atom is -0.480 e. The van der Waals surface area contributed by atoms with E-state index in [-0.39, 0.29) is 18.9 Å². The van der Waals surface area contributed by atoms with Gasteiger partial charge in [0.05, 0.1) is 5.56 Å². The van der Waals surface area contributed by atoms with Gasteiger partial charge < -0.3 is 4.74 Å². The van der Waals surface area contributed by atoms with Crippen LogP contribution < -0.4 is 4.74 Å². The molecule has 2 atom stereocenters. The SMILES string of the molecule is C#CCOc1c(CC)cccc1C1CC(c2ccc(C)cc2)C=C1C(=O)c1cc(F)c(F)c(CC)c1F. The molecule has 5 heteroatoms. The first-order valence-electron chi connectivity index (χ1n) is 12.5. The molecule has 0 saturated heterocycles. The number of Topliss-reactive ketones (excluding diaryl/α,β-unsaturated/α-hetero) is 1. The van der Waals surface area contributed by atoms with E-state index in [0.717, 1.165) is 22.3 Å². The van der Waals surface area contributed by atoms with E-state index in [1.165, 1.54) is 6.92 Å². The van der Waals surface area contributed by atoms with Crippen LogP contribution >= 0.6 is 0 Å². The minimum absolute atomic E-state index is 0.0583. The molecule has 3 aromatic carbocycles. The van der Waals surface area contributed by atoms with Crippen molar-refractivity contribution in [2.24, 2.45) is 0 Å². The summed E-state index contributed by atoms with van der Waals surface area (Å²) in [5.41, 5.74) is 3.25. The van der Waals surface area contributed by atoms with Crippen molar-refractivity contribution in [3.63, 3.8) is 0 Å². The smallest absolute Gasteiger partial charge is 0.192 e. The molecule has 0 radical (unpaired) electrons. The number of ether oxygens (including phenoxy) is 1. The largest absolute Gasteiger partial charge is 0.480 e. The van der Waals surface area contributed by atoms with Crippen LogP contribution in [0.4, 0.5) is 13.2 Å². The summed E-state index contributed by atoms with van der Waals surface area (Å²) in [5.74, 6) is -1.66. The van der Waals surface area contributed by atoms with Crippen LogP contribution in [0.1, 0.15) is 70.3 Å². The Morgan fingerprint density at radius 1 is 1.05 bits per heavy atom. The van der Waals surface area contributed by atoms with Crippen molar-refractivity contribution in [3.05, 3.63) is 111 Å². The lowest BCUT2D eigenvalue weighted by molar-refractivity contribution is 0.102. The average Bonchev–Trinajstić information content (AvgIpc) is 3.35. The molecule has 0 aromatic heterocycles. The average molecular weight is 503 g/mol.